The van der Waals surface area contributed by atoms with Crippen LogP contribution in [-0.4, -0.2) is 31.4 Å². The van der Waals surface area contributed by atoms with Gasteiger partial charge >= 0.3 is 0 Å². The van der Waals surface area contributed by atoms with Gasteiger partial charge in [0.25, 0.3) is 0 Å². The van der Waals surface area contributed by atoms with Crippen molar-refractivity contribution in [3.8, 4) is 11.1 Å². The highest BCUT2D eigenvalue weighted by molar-refractivity contribution is 7.93. The van der Waals surface area contributed by atoms with Crippen molar-refractivity contribution >= 4 is 29.6 Å². The highest BCUT2D eigenvalue weighted by Crippen LogP contribution is 2.36. The molecule has 2 aromatic carbocycles. The molecule has 4 nitrogen and oxygen atoms in total. The highest BCUT2D eigenvalue weighted by atomic mass is 35.5. The first-order valence-corrected chi connectivity index (χ1v) is 10.7. The van der Waals surface area contributed by atoms with Crippen LogP contribution >= 0.6 is 23.6 Å². The molecule has 0 radical (unpaired) electrons. The molecule has 28 heavy (non-hydrogen) atoms. The van der Waals surface area contributed by atoms with E-state index in [0.717, 1.165) is 11.1 Å². The number of carbonyl (C=O) groups excluding carboxylic acids is 1. The molecule has 0 saturated carbocycles. The van der Waals surface area contributed by atoms with Crippen molar-refractivity contribution in [2.45, 2.75) is 25.3 Å². The summed E-state index contributed by atoms with van der Waals surface area (Å²) < 4.78 is 19.5. The van der Waals surface area contributed by atoms with Gasteiger partial charge in [0.1, 0.15) is 5.82 Å². The van der Waals surface area contributed by atoms with E-state index in [9.17, 15) is 9.18 Å². The molecule has 1 heterocycles. The standard InChI is InChI=1S/C21H24ClFN2O2S/c1-28-27-13-21(8-9-24)12-17(25-20(21)26)10-14-2-4-15(5-3-14)18-11-16(22)6-7-19(18)23/h2-7,11,17H,8-10,12-13,24H2,1H3,(H,25,26). The number of nitrogens with two attached hydrogens (primary N) is 1. The Morgan fingerprint density at radius 2 is 2.07 bits per heavy atom. The normalized spacial score (nSPS) is 21.7. The predicted octanol–water partition coefficient (Wildman–Crippen LogP) is 4.21. The average molecular weight is 423 g/mol. The van der Waals surface area contributed by atoms with Crippen molar-refractivity contribution < 1.29 is 13.4 Å². The topological polar surface area (TPSA) is 64.3 Å². The van der Waals surface area contributed by atoms with Crippen LogP contribution in [0.5, 0.6) is 0 Å². The zero-order valence-corrected chi connectivity index (χ0v) is 17.3. The zero-order chi connectivity index (χ0) is 20.1. The van der Waals surface area contributed by atoms with Crippen molar-refractivity contribution in [3.05, 3.63) is 58.9 Å². The number of carbonyl (C=O) groups is 1. The first kappa shape index (κ1) is 21.1. The van der Waals surface area contributed by atoms with Crippen LogP contribution in [0, 0.1) is 11.2 Å². The van der Waals surface area contributed by atoms with Gasteiger partial charge in [-0.3, -0.25) is 4.79 Å². The summed E-state index contributed by atoms with van der Waals surface area (Å²) in [5.41, 5.74) is 7.49. The van der Waals surface area contributed by atoms with E-state index >= 15 is 0 Å². The second-order valence-electron chi connectivity index (χ2n) is 7.15. The van der Waals surface area contributed by atoms with Crippen LogP contribution in [0.15, 0.2) is 42.5 Å². The number of amides is 1. The quantitative estimate of drug-likeness (QED) is 0.625. The largest absolute Gasteiger partial charge is 0.352 e. The fourth-order valence-electron chi connectivity index (χ4n) is 3.76. The molecule has 2 aromatic rings. The minimum Gasteiger partial charge on any atom is -0.352 e. The number of halogens is 2. The van der Waals surface area contributed by atoms with Crippen LogP contribution in [0.1, 0.15) is 18.4 Å². The fourth-order valence-corrected chi connectivity index (χ4v) is 4.28. The molecule has 150 valence electrons. The summed E-state index contributed by atoms with van der Waals surface area (Å²) in [5.74, 6) is -0.296. The Morgan fingerprint density at radius 3 is 2.75 bits per heavy atom. The Hall–Kier alpha value is -1.60. The van der Waals surface area contributed by atoms with Gasteiger partial charge in [-0.15, -0.1) is 0 Å². The van der Waals surface area contributed by atoms with Crippen LogP contribution in [0.4, 0.5) is 4.39 Å². The molecule has 1 aliphatic heterocycles. The molecule has 1 fully saturated rings. The van der Waals surface area contributed by atoms with Crippen LogP contribution in [0.25, 0.3) is 11.1 Å². The lowest BCUT2D eigenvalue weighted by molar-refractivity contribution is -0.129. The maximum Gasteiger partial charge on any atom is 0.228 e. The number of benzene rings is 2. The van der Waals surface area contributed by atoms with E-state index in [2.05, 4.69) is 5.32 Å². The molecule has 0 aromatic heterocycles. The molecule has 3 N–H and O–H groups in total. The van der Waals surface area contributed by atoms with Gasteiger partial charge in [-0.25, -0.2) is 4.39 Å². The maximum atomic E-state index is 14.1. The third-order valence-electron chi connectivity index (χ3n) is 5.21. The maximum absolute atomic E-state index is 14.1. The molecule has 3 rings (SSSR count). The molecule has 0 aliphatic carbocycles. The number of hydrogen-bond acceptors (Lipinski definition) is 4. The van der Waals surface area contributed by atoms with Gasteiger partial charge in [0, 0.05) is 22.9 Å². The first-order chi connectivity index (χ1) is 13.5. The smallest absolute Gasteiger partial charge is 0.228 e. The van der Waals surface area contributed by atoms with Crippen molar-refractivity contribution in [2.75, 3.05) is 19.4 Å². The average Bonchev–Trinajstić information content (AvgIpc) is 2.98. The fraction of sp³-hybridized carbons (Fsp3) is 0.381. The van der Waals surface area contributed by atoms with Crippen LogP contribution < -0.4 is 11.1 Å². The monoisotopic (exact) mass is 422 g/mol. The predicted molar refractivity (Wildman–Crippen MR) is 113 cm³/mol. The van der Waals surface area contributed by atoms with Gasteiger partial charge in [-0.05, 0) is 67.2 Å². The SMILES string of the molecule is CSOCC1(CCN)CC(Cc2ccc(-c3cc(Cl)ccc3F)cc2)NC1=O. The third-order valence-corrected chi connectivity index (χ3v) is 5.79. The van der Waals surface area contributed by atoms with Gasteiger partial charge < -0.3 is 15.2 Å². The number of hydrogen-bond donors (Lipinski definition) is 2. The summed E-state index contributed by atoms with van der Waals surface area (Å²) in [4.78, 5) is 12.6. The van der Waals surface area contributed by atoms with Gasteiger partial charge in [0.2, 0.25) is 5.91 Å². The van der Waals surface area contributed by atoms with Crippen molar-refractivity contribution in [1.82, 2.24) is 5.32 Å². The van der Waals surface area contributed by atoms with Crippen LogP contribution in [0.2, 0.25) is 5.02 Å². The van der Waals surface area contributed by atoms with E-state index in [1.165, 1.54) is 24.2 Å². The van der Waals surface area contributed by atoms with E-state index in [1.54, 1.807) is 6.07 Å². The molecule has 1 saturated heterocycles. The lowest BCUT2D eigenvalue weighted by Crippen LogP contribution is -2.37. The summed E-state index contributed by atoms with van der Waals surface area (Å²) in [6.07, 6.45) is 3.83. The minimum atomic E-state index is -0.563. The summed E-state index contributed by atoms with van der Waals surface area (Å²) in [7, 11) is 0. The Bertz CT molecular complexity index is 834. The summed E-state index contributed by atoms with van der Waals surface area (Å²) in [6.45, 7) is 0.804. The Balaban J connectivity index is 1.70. The van der Waals surface area contributed by atoms with Gasteiger partial charge in [-0.2, -0.15) is 0 Å². The van der Waals surface area contributed by atoms with Crippen molar-refractivity contribution in [3.63, 3.8) is 0 Å². The van der Waals surface area contributed by atoms with Gasteiger partial charge in [0.05, 0.1) is 12.0 Å². The molecule has 2 unspecified atom stereocenters. The lowest BCUT2D eigenvalue weighted by Gasteiger charge is -2.24. The van der Waals surface area contributed by atoms with E-state index < -0.39 is 5.41 Å². The summed E-state index contributed by atoms with van der Waals surface area (Å²) >= 11 is 7.25. The zero-order valence-electron chi connectivity index (χ0n) is 15.7. The summed E-state index contributed by atoms with van der Waals surface area (Å²) in [5, 5.41) is 3.59. The van der Waals surface area contributed by atoms with E-state index in [1.807, 2.05) is 30.5 Å². The molecule has 0 bridgehead atoms. The van der Waals surface area contributed by atoms with E-state index in [-0.39, 0.29) is 17.8 Å². The Kier molecular flexibility index (Phi) is 6.99. The Morgan fingerprint density at radius 1 is 1.32 bits per heavy atom. The Labute approximate surface area is 174 Å². The molecule has 1 aliphatic rings. The summed E-state index contributed by atoms with van der Waals surface area (Å²) in [6, 6.07) is 12.2. The highest BCUT2D eigenvalue weighted by Gasteiger charge is 2.46. The second-order valence-corrected chi connectivity index (χ2v) is 8.15. The lowest BCUT2D eigenvalue weighted by atomic mass is 9.81. The molecule has 1 amide bonds. The second kappa shape index (κ2) is 9.27. The molecular formula is C21H24ClFN2O2S. The number of nitrogens with one attached hydrogen (secondary N) is 1. The van der Waals surface area contributed by atoms with E-state index in [0.29, 0.717) is 43.0 Å². The van der Waals surface area contributed by atoms with Crippen molar-refractivity contribution in [2.24, 2.45) is 11.1 Å². The molecule has 7 heteroatoms. The molecule has 2 atom stereocenters. The van der Waals surface area contributed by atoms with Crippen LogP contribution in [-0.2, 0) is 15.4 Å². The first-order valence-electron chi connectivity index (χ1n) is 9.18. The molecule has 0 spiro atoms. The van der Waals surface area contributed by atoms with Gasteiger partial charge in [-0.1, -0.05) is 35.9 Å². The third kappa shape index (κ3) is 4.69. The van der Waals surface area contributed by atoms with Gasteiger partial charge in [0.15, 0.2) is 0 Å². The van der Waals surface area contributed by atoms with E-state index in [4.69, 9.17) is 21.5 Å². The van der Waals surface area contributed by atoms with Crippen LogP contribution in [0.3, 0.4) is 0 Å². The number of rotatable bonds is 8. The van der Waals surface area contributed by atoms with Crippen molar-refractivity contribution in [1.29, 1.82) is 0 Å². The minimum absolute atomic E-state index is 0.00891. The molecular weight excluding hydrogens is 399 g/mol.